The Bertz CT molecular complexity index is 598. The fourth-order valence-electron chi connectivity index (χ4n) is 1.52. The molecule has 2 aromatic rings. The van der Waals surface area contributed by atoms with Crippen molar-refractivity contribution in [2.24, 2.45) is 0 Å². The van der Waals surface area contributed by atoms with Gasteiger partial charge in [-0.2, -0.15) is 0 Å². The van der Waals surface area contributed by atoms with Gasteiger partial charge in [0, 0.05) is 14.5 Å². The minimum absolute atomic E-state index is 0.151. The number of carbonyl (C=O) groups is 1. The van der Waals surface area contributed by atoms with Gasteiger partial charge in [-0.25, -0.2) is 4.98 Å². The van der Waals surface area contributed by atoms with Crippen LogP contribution in [0.25, 0.3) is 0 Å². The van der Waals surface area contributed by atoms with Gasteiger partial charge in [0.15, 0.2) is 0 Å². The third-order valence-corrected chi connectivity index (χ3v) is 3.89. The number of carbonyl (C=O) groups excluding carboxylic acids is 1. The zero-order valence-electron chi connectivity index (χ0n) is 10.2. The Labute approximate surface area is 133 Å². The third kappa shape index (κ3) is 3.79. The molecule has 0 spiro atoms. The van der Waals surface area contributed by atoms with Gasteiger partial charge in [-0.05, 0) is 56.7 Å². The molecule has 1 N–H and O–H groups in total. The first-order valence-corrected chi connectivity index (χ1v) is 7.64. The Morgan fingerprint density at radius 1 is 1.53 bits per heavy atom. The summed E-state index contributed by atoms with van der Waals surface area (Å²) in [5.74, 6) is 1.19. The molecular formula is C13H12BrIN2O2. The highest BCUT2D eigenvalue weighted by atomic mass is 127. The number of hydrogen-bond donors (Lipinski definition) is 1. The summed E-state index contributed by atoms with van der Waals surface area (Å²) in [4.78, 5) is 16.2. The predicted octanol–water partition coefficient (Wildman–Crippen LogP) is 3.53. The normalized spacial score (nSPS) is 10.5. The molecule has 100 valence electrons. The van der Waals surface area contributed by atoms with Crippen LogP contribution in [0.1, 0.15) is 28.9 Å². The van der Waals surface area contributed by atoms with E-state index in [1.54, 1.807) is 6.20 Å². The van der Waals surface area contributed by atoms with Gasteiger partial charge in [0.25, 0.3) is 5.91 Å². The van der Waals surface area contributed by atoms with Gasteiger partial charge in [0.1, 0.15) is 5.76 Å². The van der Waals surface area contributed by atoms with E-state index in [1.807, 2.05) is 25.1 Å². The molecule has 1 aromatic carbocycles. The maximum atomic E-state index is 12.1. The number of amides is 1. The zero-order valence-corrected chi connectivity index (χ0v) is 14.0. The average molecular weight is 435 g/mol. The van der Waals surface area contributed by atoms with Crippen LogP contribution in [0, 0.1) is 3.57 Å². The van der Waals surface area contributed by atoms with Crippen molar-refractivity contribution < 1.29 is 9.21 Å². The number of aromatic nitrogens is 1. The van der Waals surface area contributed by atoms with Crippen LogP contribution in [0.3, 0.4) is 0 Å². The molecule has 0 unspecified atom stereocenters. The largest absolute Gasteiger partial charge is 0.444 e. The number of nitrogens with one attached hydrogen (secondary N) is 1. The van der Waals surface area contributed by atoms with Gasteiger partial charge < -0.3 is 9.73 Å². The molecule has 0 saturated heterocycles. The molecule has 4 nitrogen and oxygen atoms in total. The van der Waals surface area contributed by atoms with Crippen molar-refractivity contribution in [3.05, 3.63) is 49.7 Å². The summed E-state index contributed by atoms with van der Waals surface area (Å²) in [6.07, 6.45) is 2.48. The highest BCUT2D eigenvalue weighted by Crippen LogP contribution is 2.19. The van der Waals surface area contributed by atoms with Crippen molar-refractivity contribution in [3.8, 4) is 0 Å². The molecule has 2 rings (SSSR count). The van der Waals surface area contributed by atoms with Crippen LogP contribution in [0.2, 0.25) is 0 Å². The monoisotopic (exact) mass is 434 g/mol. The molecule has 1 heterocycles. The van der Waals surface area contributed by atoms with E-state index in [1.165, 1.54) is 0 Å². The summed E-state index contributed by atoms with van der Waals surface area (Å²) in [7, 11) is 0. The lowest BCUT2D eigenvalue weighted by atomic mass is 10.2. The molecule has 0 bridgehead atoms. The maximum Gasteiger partial charge on any atom is 0.252 e. The van der Waals surface area contributed by atoms with Gasteiger partial charge >= 0.3 is 0 Å². The Balaban J connectivity index is 2.03. The second kappa shape index (κ2) is 6.51. The molecule has 0 aliphatic rings. The average Bonchev–Trinajstić information content (AvgIpc) is 2.87. The Morgan fingerprint density at radius 2 is 2.32 bits per heavy atom. The lowest BCUT2D eigenvalue weighted by Gasteiger charge is -2.05. The SMILES string of the molecule is CCc1cnc(CNC(=O)c2cc(I)ccc2Br)o1. The second-order valence-corrected chi connectivity index (χ2v) is 5.98. The van der Waals surface area contributed by atoms with Crippen LogP contribution in [0.5, 0.6) is 0 Å². The van der Waals surface area contributed by atoms with Crippen molar-refractivity contribution in [1.82, 2.24) is 10.3 Å². The van der Waals surface area contributed by atoms with Gasteiger partial charge in [0.2, 0.25) is 5.89 Å². The van der Waals surface area contributed by atoms with E-state index in [0.717, 1.165) is 20.2 Å². The van der Waals surface area contributed by atoms with E-state index in [9.17, 15) is 4.79 Å². The van der Waals surface area contributed by atoms with Crippen molar-refractivity contribution in [2.75, 3.05) is 0 Å². The van der Waals surface area contributed by atoms with Crippen molar-refractivity contribution >= 4 is 44.4 Å². The Hall–Kier alpha value is -0.890. The molecule has 19 heavy (non-hydrogen) atoms. The van der Waals surface area contributed by atoms with Crippen LogP contribution >= 0.6 is 38.5 Å². The fourth-order valence-corrected chi connectivity index (χ4v) is 2.43. The number of halogens is 2. The quantitative estimate of drug-likeness (QED) is 0.749. The highest BCUT2D eigenvalue weighted by molar-refractivity contribution is 14.1. The maximum absolute atomic E-state index is 12.1. The van der Waals surface area contributed by atoms with Crippen LogP contribution in [0.15, 0.2) is 33.3 Å². The smallest absolute Gasteiger partial charge is 0.252 e. The van der Waals surface area contributed by atoms with E-state index in [-0.39, 0.29) is 12.5 Å². The summed E-state index contributed by atoms with van der Waals surface area (Å²) in [5.41, 5.74) is 0.606. The standard InChI is InChI=1S/C13H12BrIN2O2/c1-2-9-6-16-12(19-9)7-17-13(18)10-5-8(15)3-4-11(10)14/h3-6H,2,7H2,1H3,(H,17,18). The van der Waals surface area contributed by atoms with Gasteiger partial charge in [-0.3, -0.25) is 4.79 Å². The van der Waals surface area contributed by atoms with E-state index >= 15 is 0 Å². The lowest BCUT2D eigenvalue weighted by molar-refractivity contribution is 0.0946. The van der Waals surface area contributed by atoms with E-state index in [4.69, 9.17) is 4.42 Å². The summed E-state index contributed by atoms with van der Waals surface area (Å²) in [5, 5.41) is 2.79. The minimum Gasteiger partial charge on any atom is -0.444 e. The summed E-state index contributed by atoms with van der Waals surface area (Å²) in [6.45, 7) is 2.28. The van der Waals surface area contributed by atoms with Crippen LogP contribution < -0.4 is 5.32 Å². The molecule has 0 radical (unpaired) electrons. The van der Waals surface area contributed by atoms with Crippen LogP contribution in [0.4, 0.5) is 0 Å². The third-order valence-electron chi connectivity index (χ3n) is 2.52. The number of nitrogens with zero attached hydrogens (tertiary/aromatic N) is 1. The first-order chi connectivity index (χ1) is 9.10. The number of hydrogen-bond acceptors (Lipinski definition) is 3. The first-order valence-electron chi connectivity index (χ1n) is 5.77. The summed E-state index contributed by atoms with van der Waals surface area (Å²) >= 11 is 5.54. The van der Waals surface area contributed by atoms with Crippen molar-refractivity contribution in [3.63, 3.8) is 0 Å². The number of oxazole rings is 1. The van der Waals surface area contributed by atoms with Crippen LogP contribution in [-0.4, -0.2) is 10.9 Å². The molecule has 0 atom stereocenters. The number of benzene rings is 1. The number of aryl methyl sites for hydroxylation is 1. The van der Waals surface area contributed by atoms with Gasteiger partial charge in [-0.15, -0.1) is 0 Å². The summed E-state index contributed by atoms with van der Waals surface area (Å²) in [6, 6.07) is 5.62. The molecule has 0 fully saturated rings. The van der Waals surface area contributed by atoms with Crippen molar-refractivity contribution in [2.45, 2.75) is 19.9 Å². The minimum atomic E-state index is -0.151. The molecular weight excluding hydrogens is 423 g/mol. The Kier molecular flexibility index (Phi) is 4.98. The predicted molar refractivity (Wildman–Crippen MR) is 83.9 cm³/mol. The fraction of sp³-hybridized carbons (Fsp3) is 0.231. The molecule has 0 aliphatic carbocycles. The van der Waals surface area contributed by atoms with Crippen molar-refractivity contribution in [1.29, 1.82) is 0 Å². The number of rotatable bonds is 4. The Morgan fingerprint density at radius 3 is 3.00 bits per heavy atom. The summed E-state index contributed by atoms with van der Waals surface area (Å²) < 4.78 is 7.21. The molecule has 6 heteroatoms. The molecule has 1 amide bonds. The lowest BCUT2D eigenvalue weighted by Crippen LogP contribution is -2.23. The highest BCUT2D eigenvalue weighted by Gasteiger charge is 2.11. The zero-order chi connectivity index (χ0) is 13.8. The molecule has 1 aromatic heterocycles. The first kappa shape index (κ1) is 14.5. The topological polar surface area (TPSA) is 55.1 Å². The van der Waals surface area contributed by atoms with Crippen LogP contribution in [-0.2, 0) is 13.0 Å². The van der Waals surface area contributed by atoms with Gasteiger partial charge in [-0.1, -0.05) is 6.92 Å². The second-order valence-electron chi connectivity index (χ2n) is 3.88. The van der Waals surface area contributed by atoms with E-state index < -0.39 is 0 Å². The van der Waals surface area contributed by atoms with E-state index in [0.29, 0.717) is 11.5 Å². The molecule has 0 saturated carbocycles. The van der Waals surface area contributed by atoms with E-state index in [2.05, 4.69) is 48.8 Å². The van der Waals surface area contributed by atoms with Gasteiger partial charge in [0.05, 0.1) is 18.3 Å². The molecule has 0 aliphatic heterocycles.